The van der Waals surface area contributed by atoms with Gasteiger partial charge in [-0.1, -0.05) is 30.7 Å². The highest BCUT2D eigenvalue weighted by Gasteiger charge is 2.02. The van der Waals surface area contributed by atoms with Gasteiger partial charge in [-0.15, -0.1) is 0 Å². The molecule has 1 heterocycles. The molecule has 0 radical (unpaired) electrons. The number of para-hydroxylation sites is 1. The third kappa shape index (κ3) is 1.49. The fourth-order valence-electron chi connectivity index (χ4n) is 1.24. The predicted molar refractivity (Wildman–Crippen MR) is 53.9 cm³/mol. The van der Waals surface area contributed by atoms with Crippen molar-refractivity contribution < 1.29 is 0 Å². The number of aromatic nitrogens is 2. The van der Waals surface area contributed by atoms with E-state index in [4.69, 9.17) is 11.6 Å². The van der Waals surface area contributed by atoms with Crippen LogP contribution in [0.5, 0.6) is 0 Å². The summed E-state index contributed by atoms with van der Waals surface area (Å²) in [5, 5.41) is 1.46. The van der Waals surface area contributed by atoms with Gasteiger partial charge in [0, 0.05) is 11.8 Å². The molecule has 0 aliphatic rings. The summed E-state index contributed by atoms with van der Waals surface area (Å²) in [5.41, 5.74) is 0.916. The van der Waals surface area contributed by atoms with Gasteiger partial charge in [0.15, 0.2) is 0 Å². The second-order valence-electron chi connectivity index (χ2n) is 2.80. The van der Waals surface area contributed by atoms with Gasteiger partial charge in [0.25, 0.3) is 0 Å². The Morgan fingerprint density at radius 2 is 2.00 bits per heavy atom. The van der Waals surface area contributed by atoms with Gasteiger partial charge in [0.05, 0.1) is 5.52 Å². The average Bonchev–Trinajstić information content (AvgIpc) is 2.18. The summed E-state index contributed by atoms with van der Waals surface area (Å²) >= 11 is 5.99. The van der Waals surface area contributed by atoms with Gasteiger partial charge < -0.3 is 0 Å². The molecule has 0 amide bonds. The normalized spacial score (nSPS) is 10.6. The highest BCUT2D eigenvalue weighted by Crippen LogP contribution is 2.19. The van der Waals surface area contributed by atoms with E-state index in [9.17, 15) is 0 Å². The zero-order valence-electron chi connectivity index (χ0n) is 7.29. The number of hydrogen-bond donors (Lipinski definition) is 0. The number of fused-ring (bicyclic) bond motifs is 1. The fraction of sp³-hybridized carbons (Fsp3) is 0.200. The van der Waals surface area contributed by atoms with E-state index in [1.807, 2.05) is 31.2 Å². The van der Waals surface area contributed by atoms with Crippen LogP contribution in [0.2, 0.25) is 5.15 Å². The molecule has 0 bridgehead atoms. The molecule has 0 aliphatic carbocycles. The lowest BCUT2D eigenvalue weighted by atomic mass is 10.2. The first kappa shape index (κ1) is 8.45. The minimum atomic E-state index is 0.544. The molecule has 0 saturated heterocycles. The molecule has 1 aromatic carbocycles. The van der Waals surface area contributed by atoms with Crippen molar-refractivity contribution in [3.05, 3.63) is 35.2 Å². The first-order valence-electron chi connectivity index (χ1n) is 4.22. The van der Waals surface area contributed by atoms with Gasteiger partial charge in [0.1, 0.15) is 11.0 Å². The van der Waals surface area contributed by atoms with Gasteiger partial charge >= 0.3 is 0 Å². The first-order valence-corrected chi connectivity index (χ1v) is 4.60. The molecule has 13 heavy (non-hydrogen) atoms. The maximum absolute atomic E-state index is 5.99. The quantitative estimate of drug-likeness (QED) is 0.650. The van der Waals surface area contributed by atoms with Gasteiger partial charge in [-0.3, -0.25) is 0 Å². The van der Waals surface area contributed by atoms with Crippen LogP contribution in [0.3, 0.4) is 0 Å². The third-order valence-electron chi connectivity index (χ3n) is 1.92. The van der Waals surface area contributed by atoms with Crippen molar-refractivity contribution in [2.75, 3.05) is 0 Å². The summed E-state index contributed by atoms with van der Waals surface area (Å²) in [6, 6.07) is 7.76. The predicted octanol–water partition coefficient (Wildman–Crippen LogP) is 2.85. The molecule has 3 heteroatoms. The maximum Gasteiger partial charge on any atom is 0.140 e. The van der Waals surface area contributed by atoms with Crippen molar-refractivity contribution in [1.82, 2.24) is 9.97 Å². The number of hydrogen-bond acceptors (Lipinski definition) is 2. The van der Waals surface area contributed by atoms with E-state index < -0.39 is 0 Å². The summed E-state index contributed by atoms with van der Waals surface area (Å²) < 4.78 is 0. The topological polar surface area (TPSA) is 25.8 Å². The lowest BCUT2D eigenvalue weighted by Gasteiger charge is -2.01. The van der Waals surface area contributed by atoms with Crippen molar-refractivity contribution in [2.45, 2.75) is 13.3 Å². The third-order valence-corrected chi connectivity index (χ3v) is 2.21. The molecule has 0 spiro atoms. The van der Waals surface area contributed by atoms with Crippen LogP contribution in [-0.4, -0.2) is 9.97 Å². The van der Waals surface area contributed by atoms with Gasteiger partial charge in [-0.25, -0.2) is 9.97 Å². The Hall–Kier alpha value is -1.15. The maximum atomic E-state index is 5.99. The van der Waals surface area contributed by atoms with Crippen molar-refractivity contribution >= 4 is 22.5 Å². The van der Waals surface area contributed by atoms with Crippen LogP contribution in [0.4, 0.5) is 0 Å². The number of aryl methyl sites for hydroxylation is 1. The minimum absolute atomic E-state index is 0.544. The number of nitrogens with zero attached hydrogens (tertiary/aromatic N) is 2. The second kappa shape index (κ2) is 3.30. The van der Waals surface area contributed by atoms with Crippen LogP contribution < -0.4 is 0 Å². The molecule has 0 fully saturated rings. The van der Waals surface area contributed by atoms with E-state index in [0.717, 1.165) is 23.1 Å². The van der Waals surface area contributed by atoms with E-state index in [1.165, 1.54) is 0 Å². The number of rotatable bonds is 1. The number of halogens is 1. The minimum Gasteiger partial charge on any atom is -0.233 e. The van der Waals surface area contributed by atoms with Gasteiger partial charge in [0.2, 0.25) is 0 Å². The molecular formula is C10H9ClN2. The summed E-state index contributed by atoms with van der Waals surface area (Å²) in [6.07, 6.45) is 0.810. The van der Waals surface area contributed by atoms with Crippen LogP contribution in [-0.2, 0) is 6.42 Å². The molecule has 0 unspecified atom stereocenters. The molecule has 0 aliphatic heterocycles. The Morgan fingerprint density at radius 3 is 2.77 bits per heavy atom. The van der Waals surface area contributed by atoms with Crippen molar-refractivity contribution in [3.8, 4) is 0 Å². The molecule has 0 saturated carbocycles. The molecule has 0 N–H and O–H groups in total. The van der Waals surface area contributed by atoms with Crippen molar-refractivity contribution in [3.63, 3.8) is 0 Å². The molecule has 2 nitrogen and oxygen atoms in total. The van der Waals surface area contributed by atoms with Gasteiger partial charge in [-0.05, 0) is 12.1 Å². The summed E-state index contributed by atoms with van der Waals surface area (Å²) in [6.45, 7) is 2.01. The second-order valence-corrected chi connectivity index (χ2v) is 3.16. The Bertz CT molecular complexity index is 440. The van der Waals surface area contributed by atoms with Crippen LogP contribution >= 0.6 is 11.6 Å². The molecule has 66 valence electrons. The lowest BCUT2D eigenvalue weighted by molar-refractivity contribution is 0.961. The Balaban J connectivity index is 2.77. The number of benzene rings is 1. The summed E-state index contributed by atoms with van der Waals surface area (Å²) in [5.74, 6) is 0.795. The highest BCUT2D eigenvalue weighted by molar-refractivity contribution is 6.34. The standard InChI is InChI=1S/C10H9ClN2/c1-2-9-12-8-6-4-3-5-7(8)10(11)13-9/h3-6H,2H2,1H3. The smallest absolute Gasteiger partial charge is 0.140 e. The van der Waals surface area contributed by atoms with Gasteiger partial charge in [-0.2, -0.15) is 0 Å². The summed E-state index contributed by atoms with van der Waals surface area (Å²) in [7, 11) is 0. The Morgan fingerprint density at radius 1 is 1.23 bits per heavy atom. The molecule has 1 aromatic heterocycles. The van der Waals surface area contributed by atoms with E-state index in [1.54, 1.807) is 0 Å². The molecule has 2 aromatic rings. The molecule has 0 atom stereocenters. The van der Waals surface area contributed by atoms with E-state index in [0.29, 0.717) is 5.15 Å². The zero-order chi connectivity index (χ0) is 9.26. The Labute approximate surface area is 81.6 Å². The van der Waals surface area contributed by atoms with E-state index >= 15 is 0 Å². The van der Waals surface area contributed by atoms with Crippen LogP contribution in [0.1, 0.15) is 12.7 Å². The SMILES string of the molecule is CCc1nc(Cl)c2ccccc2n1. The zero-order valence-corrected chi connectivity index (χ0v) is 8.04. The Kier molecular flexibility index (Phi) is 2.15. The first-order chi connectivity index (χ1) is 6.31. The van der Waals surface area contributed by atoms with Crippen molar-refractivity contribution in [2.24, 2.45) is 0 Å². The van der Waals surface area contributed by atoms with Crippen molar-refractivity contribution in [1.29, 1.82) is 0 Å². The van der Waals surface area contributed by atoms with Crippen LogP contribution in [0.25, 0.3) is 10.9 Å². The largest absolute Gasteiger partial charge is 0.233 e. The summed E-state index contributed by atoms with van der Waals surface area (Å²) in [4.78, 5) is 8.53. The average molecular weight is 193 g/mol. The molecular weight excluding hydrogens is 184 g/mol. The van der Waals surface area contributed by atoms with Crippen LogP contribution in [0.15, 0.2) is 24.3 Å². The lowest BCUT2D eigenvalue weighted by Crippen LogP contribution is -1.93. The van der Waals surface area contributed by atoms with Crippen LogP contribution in [0, 0.1) is 0 Å². The van der Waals surface area contributed by atoms with E-state index in [-0.39, 0.29) is 0 Å². The molecule has 2 rings (SSSR count). The fourth-order valence-corrected chi connectivity index (χ4v) is 1.50. The monoisotopic (exact) mass is 192 g/mol. The highest BCUT2D eigenvalue weighted by atomic mass is 35.5. The van der Waals surface area contributed by atoms with E-state index in [2.05, 4.69) is 9.97 Å².